The lowest BCUT2D eigenvalue weighted by Gasteiger charge is -2.39. The second-order valence-electron chi connectivity index (χ2n) is 3.83. The van der Waals surface area contributed by atoms with Gasteiger partial charge >= 0.3 is 0 Å². The molecule has 0 unspecified atom stereocenters. The van der Waals surface area contributed by atoms with Gasteiger partial charge < -0.3 is 15.9 Å². The fraction of sp³-hybridized carbons (Fsp3) is 0.400. The van der Waals surface area contributed by atoms with Crippen molar-refractivity contribution in [2.24, 2.45) is 5.73 Å². The SMILES string of the molecule is NC1(c2cc(Br)cc(O)c2O)CCC1. The largest absolute Gasteiger partial charge is 0.504 e. The Morgan fingerprint density at radius 3 is 2.43 bits per heavy atom. The molecule has 4 N–H and O–H groups in total. The molecule has 4 heteroatoms. The van der Waals surface area contributed by atoms with E-state index in [1.807, 2.05) is 0 Å². The van der Waals surface area contributed by atoms with Crippen LogP contribution in [0.15, 0.2) is 16.6 Å². The number of nitrogens with two attached hydrogens (primary N) is 1. The van der Waals surface area contributed by atoms with E-state index in [9.17, 15) is 10.2 Å². The minimum absolute atomic E-state index is 0.0876. The summed E-state index contributed by atoms with van der Waals surface area (Å²) in [7, 11) is 0. The zero-order chi connectivity index (χ0) is 10.3. The average molecular weight is 258 g/mol. The number of hydrogen-bond donors (Lipinski definition) is 3. The zero-order valence-electron chi connectivity index (χ0n) is 7.63. The Labute approximate surface area is 90.7 Å². The molecule has 0 radical (unpaired) electrons. The molecule has 1 fully saturated rings. The lowest BCUT2D eigenvalue weighted by molar-refractivity contribution is 0.243. The summed E-state index contributed by atoms with van der Waals surface area (Å²) in [4.78, 5) is 0. The van der Waals surface area contributed by atoms with Crippen LogP contribution in [0.5, 0.6) is 11.5 Å². The predicted molar refractivity (Wildman–Crippen MR) is 57.2 cm³/mol. The first-order chi connectivity index (χ1) is 6.53. The number of hydrogen-bond acceptors (Lipinski definition) is 3. The molecule has 1 aromatic carbocycles. The highest BCUT2D eigenvalue weighted by Crippen LogP contribution is 2.46. The number of benzene rings is 1. The smallest absolute Gasteiger partial charge is 0.162 e. The Bertz CT molecular complexity index is 375. The van der Waals surface area contributed by atoms with E-state index in [0.717, 1.165) is 23.7 Å². The van der Waals surface area contributed by atoms with E-state index in [-0.39, 0.29) is 11.5 Å². The van der Waals surface area contributed by atoms with Gasteiger partial charge in [0.2, 0.25) is 0 Å². The Morgan fingerprint density at radius 2 is 1.93 bits per heavy atom. The van der Waals surface area contributed by atoms with E-state index < -0.39 is 5.54 Å². The highest BCUT2D eigenvalue weighted by atomic mass is 79.9. The molecular formula is C10H12BrNO2. The third kappa shape index (κ3) is 1.38. The summed E-state index contributed by atoms with van der Waals surface area (Å²) in [5.74, 6) is -0.207. The molecule has 3 nitrogen and oxygen atoms in total. The van der Waals surface area contributed by atoms with Gasteiger partial charge in [-0.05, 0) is 31.4 Å². The van der Waals surface area contributed by atoms with Crippen LogP contribution < -0.4 is 5.73 Å². The minimum atomic E-state index is -0.453. The number of aromatic hydroxyl groups is 2. The zero-order valence-corrected chi connectivity index (χ0v) is 9.21. The monoisotopic (exact) mass is 257 g/mol. The van der Waals surface area contributed by atoms with Gasteiger partial charge in [0.25, 0.3) is 0 Å². The molecule has 0 atom stereocenters. The summed E-state index contributed by atoms with van der Waals surface area (Å²) in [6, 6.07) is 3.23. The van der Waals surface area contributed by atoms with Crippen LogP contribution in [0.4, 0.5) is 0 Å². The van der Waals surface area contributed by atoms with Crippen LogP contribution in [-0.4, -0.2) is 10.2 Å². The maximum absolute atomic E-state index is 9.67. The molecule has 0 aromatic heterocycles. The van der Waals surface area contributed by atoms with Crippen LogP contribution >= 0.6 is 15.9 Å². The van der Waals surface area contributed by atoms with Gasteiger partial charge in [-0.25, -0.2) is 0 Å². The van der Waals surface area contributed by atoms with Crippen molar-refractivity contribution < 1.29 is 10.2 Å². The van der Waals surface area contributed by atoms with Gasteiger partial charge in [0.15, 0.2) is 11.5 Å². The molecule has 2 rings (SSSR count). The Kier molecular flexibility index (Phi) is 2.20. The quantitative estimate of drug-likeness (QED) is 0.676. The lowest BCUT2D eigenvalue weighted by Crippen LogP contribution is -2.43. The van der Waals surface area contributed by atoms with E-state index in [1.165, 1.54) is 6.07 Å². The summed E-state index contributed by atoms with van der Waals surface area (Å²) in [6.45, 7) is 0. The van der Waals surface area contributed by atoms with Crippen molar-refractivity contribution in [1.29, 1.82) is 0 Å². The Hall–Kier alpha value is -0.740. The number of rotatable bonds is 1. The van der Waals surface area contributed by atoms with E-state index in [1.54, 1.807) is 6.07 Å². The first kappa shape index (κ1) is 9.80. The van der Waals surface area contributed by atoms with Crippen LogP contribution in [0.25, 0.3) is 0 Å². The molecule has 0 saturated heterocycles. The van der Waals surface area contributed by atoms with Crippen molar-refractivity contribution in [2.45, 2.75) is 24.8 Å². The van der Waals surface area contributed by atoms with Crippen LogP contribution in [0.2, 0.25) is 0 Å². The molecule has 0 spiro atoms. The highest BCUT2D eigenvalue weighted by molar-refractivity contribution is 9.10. The molecule has 1 saturated carbocycles. The molecule has 0 bridgehead atoms. The van der Waals surface area contributed by atoms with E-state index in [4.69, 9.17) is 5.73 Å². The average Bonchev–Trinajstić information content (AvgIpc) is 2.07. The summed E-state index contributed by atoms with van der Waals surface area (Å²) >= 11 is 3.27. The molecule has 0 amide bonds. The van der Waals surface area contributed by atoms with E-state index in [0.29, 0.717) is 5.56 Å². The predicted octanol–water partition coefficient (Wildman–Crippen LogP) is 2.20. The van der Waals surface area contributed by atoms with Crippen molar-refractivity contribution in [3.63, 3.8) is 0 Å². The minimum Gasteiger partial charge on any atom is -0.504 e. The van der Waals surface area contributed by atoms with Gasteiger partial charge in [-0.3, -0.25) is 0 Å². The molecular weight excluding hydrogens is 246 g/mol. The van der Waals surface area contributed by atoms with Gasteiger partial charge in [0.05, 0.1) is 0 Å². The fourth-order valence-electron chi connectivity index (χ4n) is 1.79. The van der Waals surface area contributed by atoms with Gasteiger partial charge in [0.1, 0.15) is 0 Å². The van der Waals surface area contributed by atoms with Gasteiger partial charge in [-0.15, -0.1) is 0 Å². The molecule has 0 heterocycles. The Morgan fingerprint density at radius 1 is 1.29 bits per heavy atom. The van der Waals surface area contributed by atoms with Crippen molar-refractivity contribution in [3.05, 3.63) is 22.2 Å². The molecule has 76 valence electrons. The van der Waals surface area contributed by atoms with Crippen molar-refractivity contribution in [2.75, 3.05) is 0 Å². The van der Waals surface area contributed by atoms with Crippen LogP contribution in [-0.2, 0) is 5.54 Å². The lowest BCUT2D eigenvalue weighted by atomic mass is 9.72. The molecule has 1 aromatic rings. The molecule has 1 aliphatic rings. The van der Waals surface area contributed by atoms with Gasteiger partial charge in [0, 0.05) is 15.6 Å². The van der Waals surface area contributed by atoms with E-state index >= 15 is 0 Å². The summed E-state index contributed by atoms with van der Waals surface area (Å²) in [6.07, 6.45) is 2.79. The summed E-state index contributed by atoms with van der Waals surface area (Å²) < 4.78 is 0.736. The van der Waals surface area contributed by atoms with Crippen LogP contribution in [0.3, 0.4) is 0 Å². The maximum Gasteiger partial charge on any atom is 0.162 e. The number of phenolic OH excluding ortho intramolecular Hbond substituents is 2. The highest BCUT2D eigenvalue weighted by Gasteiger charge is 2.37. The third-order valence-electron chi connectivity index (χ3n) is 2.84. The van der Waals surface area contributed by atoms with Crippen LogP contribution in [0, 0.1) is 0 Å². The topological polar surface area (TPSA) is 66.5 Å². The first-order valence-electron chi connectivity index (χ1n) is 4.54. The standard InChI is InChI=1S/C10H12BrNO2/c11-6-4-7(9(14)8(13)5-6)10(12)2-1-3-10/h4-5,13-14H,1-3,12H2. The molecule has 0 aliphatic heterocycles. The van der Waals surface area contributed by atoms with Gasteiger partial charge in [-0.2, -0.15) is 0 Å². The second kappa shape index (κ2) is 3.14. The van der Waals surface area contributed by atoms with Crippen molar-refractivity contribution in [1.82, 2.24) is 0 Å². The molecule has 14 heavy (non-hydrogen) atoms. The maximum atomic E-state index is 9.67. The summed E-state index contributed by atoms with van der Waals surface area (Å²) in [5.41, 5.74) is 6.25. The van der Waals surface area contributed by atoms with Crippen LogP contribution in [0.1, 0.15) is 24.8 Å². The summed E-state index contributed by atoms with van der Waals surface area (Å²) in [5, 5.41) is 19.1. The van der Waals surface area contributed by atoms with Crippen molar-refractivity contribution >= 4 is 15.9 Å². The first-order valence-corrected chi connectivity index (χ1v) is 5.33. The molecule has 1 aliphatic carbocycles. The number of halogens is 1. The fourth-order valence-corrected chi connectivity index (χ4v) is 2.24. The van der Waals surface area contributed by atoms with E-state index in [2.05, 4.69) is 15.9 Å². The normalized spacial score (nSPS) is 19.0. The van der Waals surface area contributed by atoms with Gasteiger partial charge in [-0.1, -0.05) is 15.9 Å². The van der Waals surface area contributed by atoms with Crippen molar-refractivity contribution in [3.8, 4) is 11.5 Å². The third-order valence-corrected chi connectivity index (χ3v) is 3.29. The number of phenols is 2. The second-order valence-corrected chi connectivity index (χ2v) is 4.75. The Balaban J connectivity index is 2.51.